The van der Waals surface area contributed by atoms with Crippen LogP contribution in [0.3, 0.4) is 0 Å². The van der Waals surface area contributed by atoms with E-state index < -0.39 is 0 Å². The first-order chi connectivity index (χ1) is 14.0. The fraction of sp³-hybridized carbons (Fsp3) is 0.350. The molecule has 1 aliphatic rings. The third kappa shape index (κ3) is 4.19. The molecule has 2 aromatic heterocycles. The Morgan fingerprint density at radius 1 is 1.24 bits per heavy atom. The summed E-state index contributed by atoms with van der Waals surface area (Å²) in [4.78, 5) is 43.1. The summed E-state index contributed by atoms with van der Waals surface area (Å²) in [7, 11) is 0. The predicted molar refractivity (Wildman–Crippen MR) is 111 cm³/mol. The number of amides is 2. The van der Waals surface area contributed by atoms with Crippen LogP contribution in [0.4, 0.5) is 5.13 Å². The molecule has 3 heterocycles. The van der Waals surface area contributed by atoms with E-state index in [2.05, 4.69) is 20.5 Å². The number of carbonyl (C=O) groups excluding carboxylic acids is 2. The van der Waals surface area contributed by atoms with Crippen LogP contribution >= 0.6 is 11.3 Å². The average Bonchev–Trinajstić information content (AvgIpc) is 3.15. The van der Waals surface area contributed by atoms with Gasteiger partial charge < -0.3 is 10.2 Å². The van der Waals surface area contributed by atoms with Crippen molar-refractivity contribution < 1.29 is 9.59 Å². The van der Waals surface area contributed by atoms with Crippen LogP contribution in [-0.2, 0) is 16.0 Å². The van der Waals surface area contributed by atoms with Gasteiger partial charge in [-0.05, 0) is 25.8 Å². The van der Waals surface area contributed by atoms with Gasteiger partial charge in [0.1, 0.15) is 0 Å². The first-order valence-corrected chi connectivity index (χ1v) is 10.4. The number of benzene rings is 1. The Bertz CT molecular complexity index is 1110. The van der Waals surface area contributed by atoms with Crippen LogP contribution < -0.4 is 10.9 Å². The van der Waals surface area contributed by atoms with E-state index in [1.807, 2.05) is 18.4 Å². The Balaban J connectivity index is 1.36. The van der Waals surface area contributed by atoms with Crippen LogP contribution in [0.1, 0.15) is 24.2 Å². The number of aryl methyl sites for hydroxylation is 1. The van der Waals surface area contributed by atoms with Gasteiger partial charge in [0.05, 0.1) is 23.2 Å². The molecule has 1 fully saturated rings. The van der Waals surface area contributed by atoms with E-state index in [-0.39, 0.29) is 29.7 Å². The summed E-state index contributed by atoms with van der Waals surface area (Å²) in [5.74, 6) is -0.223. The van der Waals surface area contributed by atoms with Gasteiger partial charge in [0.25, 0.3) is 5.56 Å². The van der Waals surface area contributed by atoms with Gasteiger partial charge >= 0.3 is 0 Å². The molecule has 8 nitrogen and oxygen atoms in total. The quantitative estimate of drug-likeness (QED) is 0.684. The number of thiazole rings is 1. The molecule has 0 unspecified atom stereocenters. The van der Waals surface area contributed by atoms with E-state index in [4.69, 9.17) is 0 Å². The van der Waals surface area contributed by atoms with Crippen LogP contribution in [0, 0.1) is 12.8 Å². The Morgan fingerprint density at radius 3 is 2.66 bits per heavy atom. The number of nitrogens with one attached hydrogen (secondary N) is 2. The Hall–Kier alpha value is -3.07. The summed E-state index contributed by atoms with van der Waals surface area (Å²) in [6, 6.07) is 7.13. The first kappa shape index (κ1) is 19.3. The summed E-state index contributed by atoms with van der Waals surface area (Å²) in [6.07, 6.45) is 1.34. The number of hydrogen-bond acceptors (Lipinski definition) is 6. The van der Waals surface area contributed by atoms with Crippen molar-refractivity contribution in [2.75, 3.05) is 18.4 Å². The van der Waals surface area contributed by atoms with Crippen molar-refractivity contribution in [1.29, 1.82) is 0 Å². The predicted octanol–water partition coefficient (Wildman–Crippen LogP) is 2.11. The molecule has 1 aromatic carbocycles. The van der Waals surface area contributed by atoms with Crippen molar-refractivity contribution in [3.05, 3.63) is 51.4 Å². The zero-order valence-corrected chi connectivity index (χ0v) is 16.8. The van der Waals surface area contributed by atoms with E-state index in [1.54, 1.807) is 23.1 Å². The Kier molecular flexibility index (Phi) is 5.39. The van der Waals surface area contributed by atoms with Crippen molar-refractivity contribution in [1.82, 2.24) is 20.1 Å². The number of anilines is 1. The van der Waals surface area contributed by atoms with Crippen LogP contribution in [-0.4, -0.2) is 45.0 Å². The van der Waals surface area contributed by atoms with Crippen LogP contribution in [0.15, 0.2) is 34.4 Å². The third-order valence-electron chi connectivity index (χ3n) is 5.16. The number of aromatic nitrogens is 3. The van der Waals surface area contributed by atoms with Gasteiger partial charge in [-0.2, -0.15) is 5.10 Å². The number of nitrogens with zero attached hydrogens (tertiary/aromatic N) is 3. The number of carbonyl (C=O) groups is 2. The topological polar surface area (TPSA) is 108 Å². The van der Waals surface area contributed by atoms with Gasteiger partial charge in [-0.15, -0.1) is 11.3 Å². The number of H-pyrrole nitrogens is 1. The zero-order chi connectivity index (χ0) is 20.4. The Labute approximate surface area is 171 Å². The molecule has 1 saturated heterocycles. The van der Waals surface area contributed by atoms with Crippen molar-refractivity contribution in [3.63, 3.8) is 0 Å². The molecule has 150 valence electrons. The molecule has 3 aromatic rings. The highest BCUT2D eigenvalue weighted by atomic mass is 32.1. The highest BCUT2D eigenvalue weighted by molar-refractivity contribution is 7.13. The minimum atomic E-state index is -0.265. The fourth-order valence-electron chi connectivity index (χ4n) is 3.57. The molecule has 1 aliphatic heterocycles. The second kappa shape index (κ2) is 8.12. The summed E-state index contributed by atoms with van der Waals surface area (Å²) in [5, 5.41) is 13.1. The zero-order valence-electron chi connectivity index (χ0n) is 16.0. The second-order valence-corrected chi connectivity index (χ2v) is 8.02. The fourth-order valence-corrected chi connectivity index (χ4v) is 4.26. The summed E-state index contributed by atoms with van der Waals surface area (Å²) in [6.45, 7) is 2.93. The lowest BCUT2D eigenvalue weighted by atomic mass is 9.95. The van der Waals surface area contributed by atoms with Gasteiger partial charge in [0.2, 0.25) is 11.8 Å². The lowest BCUT2D eigenvalue weighted by Gasteiger charge is -2.31. The van der Waals surface area contributed by atoms with E-state index in [1.165, 1.54) is 11.3 Å². The third-order valence-corrected chi connectivity index (χ3v) is 6.04. The normalized spacial score (nSPS) is 14.9. The molecular weight excluding hydrogens is 390 g/mol. The first-order valence-electron chi connectivity index (χ1n) is 9.48. The molecule has 0 saturated carbocycles. The van der Waals surface area contributed by atoms with Crippen LogP contribution in [0.25, 0.3) is 10.8 Å². The lowest BCUT2D eigenvalue weighted by molar-refractivity contribution is -0.133. The molecule has 0 radical (unpaired) electrons. The number of hydrogen-bond donors (Lipinski definition) is 2. The van der Waals surface area contributed by atoms with Crippen LogP contribution in [0.2, 0.25) is 0 Å². The smallest absolute Gasteiger partial charge is 0.272 e. The van der Waals surface area contributed by atoms with E-state index in [9.17, 15) is 14.4 Å². The number of rotatable bonds is 4. The van der Waals surface area contributed by atoms with Gasteiger partial charge in [-0.3, -0.25) is 14.4 Å². The van der Waals surface area contributed by atoms with E-state index >= 15 is 0 Å². The SMILES string of the molecule is Cc1csc(NC(=O)C2CCN(C(=O)Cc3n[nH]c(=O)c4ccccc34)CC2)n1. The largest absolute Gasteiger partial charge is 0.342 e. The highest BCUT2D eigenvalue weighted by Gasteiger charge is 2.28. The maximum absolute atomic E-state index is 12.8. The molecule has 2 amide bonds. The highest BCUT2D eigenvalue weighted by Crippen LogP contribution is 2.22. The lowest BCUT2D eigenvalue weighted by Crippen LogP contribution is -2.42. The standard InChI is InChI=1S/C20H21N5O3S/c1-12-11-29-20(21-12)22-18(27)13-6-8-25(9-7-13)17(26)10-16-14-4-2-3-5-15(14)19(28)24-23-16/h2-5,11,13H,6-10H2,1H3,(H,24,28)(H,21,22,27). The van der Waals surface area contributed by atoms with Crippen LogP contribution in [0.5, 0.6) is 0 Å². The van der Waals surface area contributed by atoms with E-state index in [0.29, 0.717) is 47.5 Å². The minimum Gasteiger partial charge on any atom is -0.342 e. The van der Waals surface area contributed by atoms with Crippen molar-refractivity contribution in [2.24, 2.45) is 5.92 Å². The van der Waals surface area contributed by atoms with Gasteiger partial charge in [-0.1, -0.05) is 18.2 Å². The average molecular weight is 411 g/mol. The maximum atomic E-state index is 12.8. The number of piperidine rings is 1. The van der Waals surface area contributed by atoms with Gasteiger partial charge in [-0.25, -0.2) is 10.1 Å². The monoisotopic (exact) mass is 411 g/mol. The van der Waals surface area contributed by atoms with Crippen molar-refractivity contribution >= 4 is 39.1 Å². The molecular formula is C20H21N5O3S. The molecule has 0 aliphatic carbocycles. The molecule has 0 spiro atoms. The Morgan fingerprint density at radius 2 is 1.97 bits per heavy atom. The summed E-state index contributed by atoms with van der Waals surface area (Å²) < 4.78 is 0. The second-order valence-electron chi connectivity index (χ2n) is 7.16. The number of aromatic amines is 1. The maximum Gasteiger partial charge on any atom is 0.272 e. The molecule has 4 rings (SSSR count). The molecule has 9 heteroatoms. The molecule has 0 atom stereocenters. The van der Waals surface area contributed by atoms with Gasteiger partial charge in [0, 0.05) is 29.8 Å². The molecule has 29 heavy (non-hydrogen) atoms. The van der Waals surface area contributed by atoms with E-state index in [0.717, 1.165) is 5.69 Å². The van der Waals surface area contributed by atoms with Crippen molar-refractivity contribution in [2.45, 2.75) is 26.2 Å². The minimum absolute atomic E-state index is 0.0419. The summed E-state index contributed by atoms with van der Waals surface area (Å²) >= 11 is 1.41. The van der Waals surface area contributed by atoms with Gasteiger partial charge in [0.15, 0.2) is 5.13 Å². The number of likely N-dealkylation sites (tertiary alicyclic amines) is 1. The van der Waals surface area contributed by atoms with Crippen molar-refractivity contribution in [3.8, 4) is 0 Å². The molecule has 2 N–H and O–H groups in total. The summed E-state index contributed by atoms with van der Waals surface area (Å²) in [5.41, 5.74) is 1.18. The molecule has 0 bridgehead atoms. The number of fused-ring (bicyclic) bond motifs is 1.